The first-order valence-corrected chi connectivity index (χ1v) is 3.04. The van der Waals surface area contributed by atoms with Crippen molar-refractivity contribution < 1.29 is 4.79 Å². The van der Waals surface area contributed by atoms with Gasteiger partial charge in [-0.25, -0.2) is 0 Å². The fourth-order valence-corrected chi connectivity index (χ4v) is 0.773. The van der Waals surface area contributed by atoms with Crippen molar-refractivity contribution in [1.29, 1.82) is 0 Å². The molecule has 1 heteroatoms. The van der Waals surface area contributed by atoms with Crippen molar-refractivity contribution in [2.24, 2.45) is 5.92 Å². The molecule has 0 saturated carbocycles. The molecule has 0 N–H and O–H groups in total. The van der Waals surface area contributed by atoms with Crippen LogP contribution in [0.2, 0.25) is 0 Å². The number of allylic oxidation sites excluding steroid dienone is 2. The summed E-state index contributed by atoms with van der Waals surface area (Å²) in [5.41, 5.74) is 0. The molecule has 1 unspecified atom stereocenters. The predicted octanol–water partition coefficient (Wildman–Crippen LogP) is 1.54. The normalized spacial score (nSPS) is 24.9. The molecule has 1 atom stereocenters. The van der Waals surface area contributed by atoms with Crippen LogP contribution in [0.4, 0.5) is 0 Å². The second kappa shape index (κ2) is 2.12. The molecular formula is C7H10O. The van der Waals surface area contributed by atoms with Gasteiger partial charge in [0.25, 0.3) is 0 Å². The number of Topliss-reactive ketones (excluding diaryl/α,β-unsaturated/α-hetero) is 1. The van der Waals surface area contributed by atoms with Crippen LogP contribution < -0.4 is 0 Å². The maximum absolute atomic E-state index is 10.7. The Morgan fingerprint density at radius 2 is 2.50 bits per heavy atom. The zero-order valence-electron chi connectivity index (χ0n) is 5.05. The minimum atomic E-state index is 0.278. The lowest BCUT2D eigenvalue weighted by Gasteiger charge is -2.13. The van der Waals surface area contributed by atoms with Crippen LogP contribution in [0.25, 0.3) is 0 Å². The van der Waals surface area contributed by atoms with Crippen LogP contribution >= 0.6 is 0 Å². The minimum Gasteiger partial charge on any atom is -0.299 e. The molecule has 0 spiro atoms. The summed E-state index contributed by atoms with van der Waals surface area (Å²) in [6.07, 6.45) is 5.69. The highest BCUT2D eigenvalue weighted by molar-refractivity contribution is 5.83. The Balaban J connectivity index is 2.36. The summed E-state index contributed by atoms with van der Waals surface area (Å²) in [6, 6.07) is 0. The molecule has 0 bridgehead atoms. The van der Waals surface area contributed by atoms with E-state index >= 15 is 0 Å². The topological polar surface area (TPSA) is 17.1 Å². The maximum atomic E-state index is 10.7. The van der Waals surface area contributed by atoms with Crippen LogP contribution in [0.1, 0.15) is 19.8 Å². The van der Waals surface area contributed by atoms with Gasteiger partial charge in [0.15, 0.2) is 0 Å². The summed E-state index contributed by atoms with van der Waals surface area (Å²) in [5.74, 6) is 0.660. The molecule has 8 heavy (non-hydrogen) atoms. The average molecular weight is 110 g/mol. The van der Waals surface area contributed by atoms with E-state index in [1.54, 1.807) is 0 Å². The Morgan fingerprint density at radius 1 is 1.88 bits per heavy atom. The van der Waals surface area contributed by atoms with Gasteiger partial charge < -0.3 is 0 Å². The van der Waals surface area contributed by atoms with Crippen LogP contribution in [-0.4, -0.2) is 5.78 Å². The van der Waals surface area contributed by atoms with Crippen molar-refractivity contribution in [3.05, 3.63) is 12.2 Å². The van der Waals surface area contributed by atoms with E-state index in [1.165, 1.54) is 0 Å². The van der Waals surface area contributed by atoms with E-state index in [-0.39, 0.29) is 5.92 Å². The summed E-state index contributed by atoms with van der Waals surface area (Å²) in [7, 11) is 0. The lowest BCUT2D eigenvalue weighted by atomic mass is 9.90. The third kappa shape index (κ3) is 0.808. The minimum absolute atomic E-state index is 0.278. The average Bonchev–Trinajstić information content (AvgIpc) is 1.62. The monoisotopic (exact) mass is 110 g/mol. The third-order valence-electron chi connectivity index (χ3n) is 1.52. The number of ketones is 1. The third-order valence-corrected chi connectivity index (χ3v) is 1.52. The Hall–Kier alpha value is -0.590. The maximum Gasteiger partial charge on any atom is 0.139 e. The molecule has 0 aliphatic heterocycles. The Labute approximate surface area is 49.4 Å². The second-order valence-corrected chi connectivity index (χ2v) is 2.09. The van der Waals surface area contributed by atoms with Gasteiger partial charge in [0.1, 0.15) is 5.78 Å². The lowest BCUT2D eigenvalue weighted by molar-refractivity contribution is -0.121. The quantitative estimate of drug-likeness (QED) is 0.493. The zero-order chi connectivity index (χ0) is 5.98. The van der Waals surface area contributed by atoms with Crippen molar-refractivity contribution in [3.8, 4) is 0 Å². The molecule has 0 fully saturated rings. The van der Waals surface area contributed by atoms with E-state index in [2.05, 4.69) is 0 Å². The molecule has 0 aromatic heterocycles. The van der Waals surface area contributed by atoms with Crippen molar-refractivity contribution in [1.82, 2.24) is 0 Å². The Bertz CT molecular complexity index is 124. The first-order valence-electron chi connectivity index (χ1n) is 3.04. The Morgan fingerprint density at radius 3 is 2.62 bits per heavy atom. The molecule has 0 aromatic carbocycles. The summed E-state index contributed by atoms with van der Waals surface area (Å²) < 4.78 is 0. The molecular weight excluding hydrogens is 100 g/mol. The van der Waals surface area contributed by atoms with Crippen LogP contribution in [0.15, 0.2) is 12.2 Å². The highest BCUT2D eigenvalue weighted by Crippen LogP contribution is 2.18. The van der Waals surface area contributed by atoms with Gasteiger partial charge in [0.2, 0.25) is 0 Å². The fourth-order valence-electron chi connectivity index (χ4n) is 0.773. The predicted molar refractivity (Wildman–Crippen MR) is 32.5 cm³/mol. The number of rotatable bonds is 2. The molecule has 0 radical (unpaired) electrons. The molecule has 1 aliphatic rings. The van der Waals surface area contributed by atoms with Crippen LogP contribution in [-0.2, 0) is 4.79 Å². The zero-order valence-corrected chi connectivity index (χ0v) is 5.05. The molecule has 1 nitrogen and oxygen atoms in total. The second-order valence-electron chi connectivity index (χ2n) is 2.09. The lowest BCUT2D eigenvalue weighted by Crippen LogP contribution is -2.14. The van der Waals surface area contributed by atoms with Crippen LogP contribution in [0.5, 0.6) is 0 Å². The molecule has 1 aliphatic carbocycles. The van der Waals surface area contributed by atoms with Gasteiger partial charge in [0.05, 0.1) is 0 Å². The van der Waals surface area contributed by atoms with Gasteiger partial charge in [-0.15, -0.1) is 0 Å². The van der Waals surface area contributed by atoms with Gasteiger partial charge in [0, 0.05) is 12.3 Å². The summed E-state index contributed by atoms with van der Waals surface area (Å²) in [4.78, 5) is 10.7. The molecule has 0 amide bonds. The van der Waals surface area contributed by atoms with E-state index in [0.29, 0.717) is 12.2 Å². The molecule has 44 valence electrons. The number of hydrogen-bond acceptors (Lipinski definition) is 1. The first-order chi connectivity index (χ1) is 3.84. The summed E-state index contributed by atoms with van der Waals surface area (Å²) in [5, 5.41) is 0. The van der Waals surface area contributed by atoms with E-state index in [4.69, 9.17) is 0 Å². The standard InChI is InChI=1S/C7H10O/c1-2-7(8)6-4-3-5-6/h3-4,6H,2,5H2,1H3. The van der Waals surface area contributed by atoms with Gasteiger partial charge in [-0.2, -0.15) is 0 Å². The molecule has 1 rings (SSSR count). The van der Waals surface area contributed by atoms with E-state index in [1.807, 2.05) is 19.1 Å². The molecule has 0 aromatic rings. The van der Waals surface area contributed by atoms with Gasteiger partial charge in [-0.05, 0) is 6.42 Å². The molecule has 0 saturated heterocycles. The van der Waals surface area contributed by atoms with Crippen molar-refractivity contribution in [3.63, 3.8) is 0 Å². The fraction of sp³-hybridized carbons (Fsp3) is 0.571. The Kier molecular flexibility index (Phi) is 1.47. The van der Waals surface area contributed by atoms with E-state index < -0.39 is 0 Å². The van der Waals surface area contributed by atoms with E-state index in [9.17, 15) is 4.79 Å². The van der Waals surface area contributed by atoms with Gasteiger partial charge in [-0.1, -0.05) is 19.1 Å². The SMILES string of the molecule is CCC(=O)C1C=CC1. The number of carbonyl (C=O) groups excluding carboxylic acids is 1. The number of hydrogen-bond donors (Lipinski definition) is 0. The van der Waals surface area contributed by atoms with Gasteiger partial charge >= 0.3 is 0 Å². The van der Waals surface area contributed by atoms with Crippen molar-refractivity contribution in [2.45, 2.75) is 19.8 Å². The first kappa shape index (κ1) is 5.54. The highest BCUT2D eigenvalue weighted by Gasteiger charge is 2.16. The smallest absolute Gasteiger partial charge is 0.139 e. The summed E-state index contributed by atoms with van der Waals surface area (Å²) in [6.45, 7) is 1.91. The highest BCUT2D eigenvalue weighted by atomic mass is 16.1. The van der Waals surface area contributed by atoms with Crippen LogP contribution in [0.3, 0.4) is 0 Å². The van der Waals surface area contributed by atoms with Crippen molar-refractivity contribution >= 4 is 5.78 Å². The van der Waals surface area contributed by atoms with Crippen LogP contribution in [0, 0.1) is 5.92 Å². The summed E-state index contributed by atoms with van der Waals surface area (Å²) >= 11 is 0. The molecule has 0 heterocycles. The number of carbonyl (C=O) groups is 1. The van der Waals surface area contributed by atoms with Crippen molar-refractivity contribution in [2.75, 3.05) is 0 Å². The van der Waals surface area contributed by atoms with E-state index in [0.717, 1.165) is 6.42 Å². The van der Waals surface area contributed by atoms with Gasteiger partial charge in [-0.3, -0.25) is 4.79 Å². The largest absolute Gasteiger partial charge is 0.299 e.